The van der Waals surface area contributed by atoms with E-state index in [2.05, 4.69) is 25.8 Å². The molecular weight excluding hydrogens is 387 g/mol. The highest BCUT2D eigenvalue weighted by Crippen LogP contribution is 2.11. The van der Waals surface area contributed by atoms with E-state index in [0.29, 0.717) is 28.3 Å². The van der Waals surface area contributed by atoms with Gasteiger partial charge in [0, 0.05) is 24.9 Å². The Morgan fingerprint density at radius 1 is 1.13 bits per heavy atom. The summed E-state index contributed by atoms with van der Waals surface area (Å²) in [6.07, 6.45) is 1.77. The van der Waals surface area contributed by atoms with Crippen LogP contribution in [0.4, 0.5) is 10.2 Å². The lowest BCUT2D eigenvalue weighted by molar-refractivity contribution is -0.123. The van der Waals surface area contributed by atoms with Crippen molar-refractivity contribution in [2.45, 2.75) is 32.9 Å². The number of benzene rings is 1. The highest BCUT2D eigenvalue weighted by molar-refractivity contribution is 5.99. The largest absolute Gasteiger partial charge is 0.384 e. The minimum Gasteiger partial charge on any atom is -0.384 e. The van der Waals surface area contributed by atoms with Crippen LogP contribution in [0.5, 0.6) is 0 Å². The molecule has 0 aliphatic heterocycles. The maximum atomic E-state index is 13.2. The van der Waals surface area contributed by atoms with Crippen molar-refractivity contribution in [3.63, 3.8) is 0 Å². The number of aromatic nitrogens is 3. The fourth-order valence-corrected chi connectivity index (χ4v) is 3.03. The third-order valence-electron chi connectivity index (χ3n) is 4.64. The van der Waals surface area contributed by atoms with Gasteiger partial charge in [-0.05, 0) is 43.2 Å². The fourth-order valence-electron chi connectivity index (χ4n) is 3.03. The number of aryl methyl sites for hydroxylation is 2. The van der Waals surface area contributed by atoms with Crippen LogP contribution >= 0.6 is 0 Å². The topological polar surface area (TPSA) is 126 Å². The van der Waals surface area contributed by atoms with Gasteiger partial charge in [-0.1, -0.05) is 18.2 Å². The van der Waals surface area contributed by atoms with Crippen LogP contribution in [-0.2, 0) is 17.8 Å². The van der Waals surface area contributed by atoms with Crippen LogP contribution < -0.4 is 16.4 Å². The summed E-state index contributed by atoms with van der Waals surface area (Å²) < 4.78 is 13.2. The molecule has 1 atom stereocenters. The van der Waals surface area contributed by atoms with E-state index in [0.717, 1.165) is 5.56 Å². The van der Waals surface area contributed by atoms with E-state index in [1.165, 1.54) is 12.1 Å². The van der Waals surface area contributed by atoms with Crippen molar-refractivity contribution in [2.24, 2.45) is 0 Å². The first-order valence-corrected chi connectivity index (χ1v) is 9.38. The number of pyridine rings is 1. The molecule has 0 aliphatic rings. The molecule has 1 aromatic carbocycles. The SMILES string of the molecule is Cc1n[nH]c(C)c1C(=O)N[C@@H](Cc1ccc(F)cc1)C(=O)NCc1ccc(N)nc1. The zero-order chi connectivity index (χ0) is 21.7. The Kier molecular flexibility index (Phi) is 6.41. The molecule has 5 N–H and O–H groups in total. The molecular formula is C21H23FN6O2. The van der Waals surface area contributed by atoms with Crippen LogP contribution in [-0.4, -0.2) is 33.0 Å². The molecule has 8 nitrogen and oxygen atoms in total. The minimum atomic E-state index is -0.863. The second kappa shape index (κ2) is 9.17. The molecule has 2 aromatic heterocycles. The number of nitrogens with one attached hydrogen (secondary N) is 3. The second-order valence-corrected chi connectivity index (χ2v) is 6.97. The number of nitrogens with two attached hydrogens (primary N) is 1. The first kappa shape index (κ1) is 21.0. The van der Waals surface area contributed by atoms with Gasteiger partial charge >= 0.3 is 0 Å². The Balaban J connectivity index is 1.75. The Bertz CT molecular complexity index is 1010. The number of hydrogen-bond donors (Lipinski definition) is 4. The number of anilines is 1. The van der Waals surface area contributed by atoms with Gasteiger partial charge in [-0.25, -0.2) is 9.37 Å². The van der Waals surface area contributed by atoms with Gasteiger partial charge in [0.2, 0.25) is 5.91 Å². The first-order chi connectivity index (χ1) is 14.3. The Morgan fingerprint density at radius 2 is 1.83 bits per heavy atom. The van der Waals surface area contributed by atoms with Gasteiger partial charge in [-0.2, -0.15) is 5.10 Å². The predicted octanol–water partition coefficient (Wildman–Crippen LogP) is 1.80. The average molecular weight is 410 g/mol. The lowest BCUT2D eigenvalue weighted by Crippen LogP contribution is -2.48. The number of hydrogen-bond acceptors (Lipinski definition) is 5. The van der Waals surface area contributed by atoms with Crippen molar-refractivity contribution in [1.82, 2.24) is 25.8 Å². The van der Waals surface area contributed by atoms with E-state index in [1.807, 2.05) is 0 Å². The lowest BCUT2D eigenvalue weighted by Gasteiger charge is -2.19. The van der Waals surface area contributed by atoms with Gasteiger partial charge in [-0.15, -0.1) is 0 Å². The number of nitrogen functional groups attached to an aromatic ring is 1. The van der Waals surface area contributed by atoms with Gasteiger partial charge < -0.3 is 16.4 Å². The van der Waals surface area contributed by atoms with E-state index >= 15 is 0 Å². The van der Waals surface area contributed by atoms with Crippen molar-refractivity contribution in [1.29, 1.82) is 0 Å². The van der Waals surface area contributed by atoms with Gasteiger partial charge in [0.25, 0.3) is 5.91 Å². The summed E-state index contributed by atoms with van der Waals surface area (Å²) in [6, 6.07) is 8.34. The number of carbonyl (C=O) groups excluding carboxylic acids is 2. The molecule has 2 amide bonds. The maximum absolute atomic E-state index is 13.2. The molecule has 0 unspecified atom stereocenters. The second-order valence-electron chi connectivity index (χ2n) is 6.97. The number of nitrogens with zero attached hydrogens (tertiary/aromatic N) is 2. The molecule has 0 spiro atoms. The summed E-state index contributed by atoms with van der Waals surface area (Å²) in [5, 5.41) is 12.3. The summed E-state index contributed by atoms with van der Waals surface area (Å²) in [4.78, 5) is 29.6. The molecule has 0 saturated heterocycles. The highest BCUT2D eigenvalue weighted by atomic mass is 19.1. The molecule has 156 valence electrons. The Labute approximate surface area is 173 Å². The van der Waals surface area contributed by atoms with E-state index in [-0.39, 0.29) is 24.7 Å². The quantitative estimate of drug-likeness (QED) is 0.473. The Hall–Kier alpha value is -3.75. The van der Waals surface area contributed by atoms with Crippen LogP contribution in [0.2, 0.25) is 0 Å². The number of rotatable bonds is 7. The van der Waals surface area contributed by atoms with E-state index in [1.54, 1.807) is 44.3 Å². The Morgan fingerprint density at radius 3 is 2.43 bits per heavy atom. The van der Waals surface area contributed by atoms with Crippen molar-refractivity contribution in [3.8, 4) is 0 Å². The summed E-state index contributed by atoms with van der Waals surface area (Å²) in [5.41, 5.74) is 8.61. The van der Waals surface area contributed by atoms with Crippen LogP contribution in [0.15, 0.2) is 42.6 Å². The maximum Gasteiger partial charge on any atom is 0.255 e. The molecule has 0 saturated carbocycles. The minimum absolute atomic E-state index is 0.202. The van der Waals surface area contributed by atoms with Gasteiger partial charge in [0.15, 0.2) is 0 Å². The van der Waals surface area contributed by atoms with Crippen LogP contribution in [0, 0.1) is 19.7 Å². The molecule has 3 rings (SSSR count). The lowest BCUT2D eigenvalue weighted by atomic mass is 10.0. The van der Waals surface area contributed by atoms with Crippen molar-refractivity contribution in [3.05, 3.63) is 76.5 Å². The molecule has 30 heavy (non-hydrogen) atoms. The van der Waals surface area contributed by atoms with Crippen molar-refractivity contribution in [2.75, 3.05) is 5.73 Å². The third-order valence-corrected chi connectivity index (χ3v) is 4.64. The number of aromatic amines is 1. The first-order valence-electron chi connectivity index (χ1n) is 9.38. The normalized spacial score (nSPS) is 11.7. The van der Waals surface area contributed by atoms with Gasteiger partial charge in [0.05, 0.1) is 11.3 Å². The average Bonchev–Trinajstić information content (AvgIpc) is 3.06. The zero-order valence-electron chi connectivity index (χ0n) is 16.7. The number of carbonyl (C=O) groups is 2. The van der Waals surface area contributed by atoms with Crippen LogP contribution in [0.25, 0.3) is 0 Å². The summed E-state index contributed by atoms with van der Waals surface area (Å²) in [6.45, 7) is 3.67. The van der Waals surface area contributed by atoms with Crippen molar-refractivity contribution < 1.29 is 14.0 Å². The standard InChI is InChI=1S/C21H23FN6O2/c1-12-19(13(2)28-27-12)21(30)26-17(9-14-3-6-16(22)7-4-14)20(29)25-11-15-5-8-18(23)24-10-15/h3-8,10,17H,9,11H2,1-2H3,(H2,23,24)(H,25,29)(H,26,30)(H,27,28)/t17-/m0/s1. The van der Waals surface area contributed by atoms with E-state index < -0.39 is 11.9 Å². The smallest absolute Gasteiger partial charge is 0.255 e. The van der Waals surface area contributed by atoms with Crippen molar-refractivity contribution >= 4 is 17.6 Å². The van der Waals surface area contributed by atoms with Crippen LogP contribution in [0.1, 0.15) is 32.9 Å². The van der Waals surface area contributed by atoms with Crippen LogP contribution in [0.3, 0.4) is 0 Å². The molecule has 9 heteroatoms. The van der Waals surface area contributed by atoms with E-state index in [4.69, 9.17) is 5.73 Å². The van der Waals surface area contributed by atoms with E-state index in [9.17, 15) is 14.0 Å². The van der Waals surface area contributed by atoms with Gasteiger partial charge in [0.1, 0.15) is 17.7 Å². The number of halogens is 1. The molecule has 2 heterocycles. The highest BCUT2D eigenvalue weighted by Gasteiger charge is 2.24. The summed E-state index contributed by atoms with van der Waals surface area (Å²) >= 11 is 0. The molecule has 0 radical (unpaired) electrons. The fraction of sp³-hybridized carbons (Fsp3) is 0.238. The molecule has 0 bridgehead atoms. The monoisotopic (exact) mass is 410 g/mol. The number of H-pyrrole nitrogens is 1. The summed E-state index contributed by atoms with van der Waals surface area (Å²) in [7, 11) is 0. The number of amides is 2. The molecule has 0 fully saturated rings. The zero-order valence-corrected chi connectivity index (χ0v) is 16.7. The third kappa shape index (κ3) is 5.19. The molecule has 0 aliphatic carbocycles. The van der Waals surface area contributed by atoms with Gasteiger partial charge in [-0.3, -0.25) is 14.7 Å². The molecule has 3 aromatic rings. The summed E-state index contributed by atoms with van der Waals surface area (Å²) in [5.74, 6) is -0.764. The predicted molar refractivity (Wildman–Crippen MR) is 110 cm³/mol.